The molecule has 0 saturated carbocycles. The molecule has 6 nitrogen and oxygen atoms in total. The van der Waals surface area contributed by atoms with Gasteiger partial charge in [0.15, 0.2) is 6.10 Å². The standard InChI is InChI=1S/C58H96O6/c1-4-7-10-13-16-19-22-25-27-28-29-30-31-34-36-39-42-45-48-51-57(60)63-54-55(53-62-56(59)50-47-44-41-38-35-32-24-21-18-15-12-9-6-3)64-58(61)52-49-46-43-40-37-33-26-23-20-17-14-11-8-5-2/h7,9-10,12,16,18-19,21,23,25-27,29-30,32,35,55H,4-6,8,11,13-15,17,20,22,24,28,31,33-34,36-54H2,1-3H3/b10-7-,12-9-,19-16-,21-18-,26-23-,27-25-,30-29-,35-32-. The van der Waals surface area contributed by atoms with E-state index < -0.39 is 6.10 Å². The van der Waals surface area contributed by atoms with E-state index in [0.29, 0.717) is 19.3 Å². The second-order valence-corrected chi connectivity index (χ2v) is 17.0. The van der Waals surface area contributed by atoms with Crippen LogP contribution in [0.15, 0.2) is 97.2 Å². The summed E-state index contributed by atoms with van der Waals surface area (Å²) in [4.78, 5) is 38.0. The van der Waals surface area contributed by atoms with Gasteiger partial charge in [0.2, 0.25) is 0 Å². The minimum Gasteiger partial charge on any atom is -0.462 e. The van der Waals surface area contributed by atoms with Gasteiger partial charge >= 0.3 is 17.9 Å². The van der Waals surface area contributed by atoms with Crippen LogP contribution in [0, 0.1) is 0 Å². The van der Waals surface area contributed by atoms with E-state index in [2.05, 4.69) is 118 Å². The first kappa shape index (κ1) is 60.3. The van der Waals surface area contributed by atoms with Gasteiger partial charge in [0.25, 0.3) is 0 Å². The molecule has 1 atom stereocenters. The maximum atomic E-state index is 12.8. The van der Waals surface area contributed by atoms with Crippen molar-refractivity contribution in [3.63, 3.8) is 0 Å². The molecule has 0 N–H and O–H groups in total. The van der Waals surface area contributed by atoms with E-state index >= 15 is 0 Å². The maximum absolute atomic E-state index is 12.8. The SMILES string of the molecule is CC/C=C\C/C=C\C/C=C\C/C=C\CCCCCCCCC(=O)OCC(COC(=O)CCCCC/C=C\C/C=C\C/C=C\CC)OC(=O)CCCCCCC/C=C\CCCCCCC. The first-order chi connectivity index (χ1) is 31.5. The Balaban J connectivity index is 4.45. The van der Waals surface area contributed by atoms with Crippen LogP contribution >= 0.6 is 0 Å². The third kappa shape index (κ3) is 49.3. The highest BCUT2D eigenvalue weighted by atomic mass is 16.6. The van der Waals surface area contributed by atoms with Gasteiger partial charge < -0.3 is 14.2 Å². The van der Waals surface area contributed by atoms with Crippen molar-refractivity contribution in [2.75, 3.05) is 13.2 Å². The molecule has 0 amide bonds. The lowest BCUT2D eigenvalue weighted by Crippen LogP contribution is -2.30. The highest BCUT2D eigenvalue weighted by Crippen LogP contribution is 2.13. The number of carbonyl (C=O) groups excluding carboxylic acids is 3. The molecule has 0 aromatic heterocycles. The largest absolute Gasteiger partial charge is 0.462 e. The Bertz CT molecular complexity index is 1300. The third-order valence-electron chi connectivity index (χ3n) is 10.8. The molecule has 0 aliphatic carbocycles. The molecule has 0 aromatic rings. The first-order valence-corrected chi connectivity index (χ1v) is 26.2. The van der Waals surface area contributed by atoms with Gasteiger partial charge in [-0.25, -0.2) is 0 Å². The lowest BCUT2D eigenvalue weighted by molar-refractivity contribution is -0.167. The van der Waals surface area contributed by atoms with Gasteiger partial charge in [0.05, 0.1) is 0 Å². The second kappa shape index (κ2) is 52.0. The number of esters is 3. The summed E-state index contributed by atoms with van der Waals surface area (Å²) >= 11 is 0. The Kier molecular flexibility index (Phi) is 49.0. The van der Waals surface area contributed by atoms with Crippen molar-refractivity contribution < 1.29 is 28.6 Å². The summed E-state index contributed by atoms with van der Waals surface area (Å²) in [6.45, 7) is 6.35. The molecule has 64 heavy (non-hydrogen) atoms. The van der Waals surface area contributed by atoms with E-state index in [-0.39, 0.29) is 31.1 Å². The number of allylic oxidation sites excluding steroid dienone is 16. The molecule has 364 valence electrons. The molecule has 0 spiro atoms. The lowest BCUT2D eigenvalue weighted by atomic mass is 10.1. The zero-order chi connectivity index (χ0) is 46.5. The van der Waals surface area contributed by atoms with Crippen LogP contribution in [0.4, 0.5) is 0 Å². The summed E-state index contributed by atoms with van der Waals surface area (Å²) in [5.74, 6) is -0.953. The molecule has 1 unspecified atom stereocenters. The molecule has 0 bridgehead atoms. The summed E-state index contributed by atoms with van der Waals surface area (Å²) < 4.78 is 16.8. The van der Waals surface area contributed by atoms with Crippen LogP contribution in [0.5, 0.6) is 0 Å². The van der Waals surface area contributed by atoms with Crippen molar-refractivity contribution in [2.24, 2.45) is 0 Å². The monoisotopic (exact) mass is 889 g/mol. The van der Waals surface area contributed by atoms with Crippen LogP contribution < -0.4 is 0 Å². The van der Waals surface area contributed by atoms with Crippen molar-refractivity contribution in [1.29, 1.82) is 0 Å². The fraction of sp³-hybridized carbons (Fsp3) is 0.672. The quantitative estimate of drug-likeness (QED) is 0.0262. The molecule has 0 radical (unpaired) electrons. The topological polar surface area (TPSA) is 78.9 Å². The van der Waals surface area contributed by atoms with Crippen molar-refractivity contribution in [2.45, 2.75) is 239 Å². The van der Waals surface area contributed by atoms with Gasteiger partial charge in [-0.3, -0.25) is 14.4 Å². The summed E-state index contributed by atoms with van der Waals surface area (Å²) in [5, 5.41) is 0. The molecule has 0 aliphatic rings. The molecular weight excluding hydrogens is 793 g/mol. The predicted molar refractivity (Wildman–Crippen MR) is 274 cm³/mol. The van der Waals surface area contributed by atoms with Crippen LogP contribution in [0.3, 0.4) is 0 Å². The second-order valence-electron chi connectivity index (χ2n) is 17.0. The third-order valence-corrected chi connectivity index (χ3v) is 10.8. The minimum atomic E-state index is -0.800. The average Bonchev–Trinajstić information content (AvgIpc) is 3.29. The highest BCUT2D eigenvalue weighted by molar-refractivity contribution is 5.71. The van der Waals surface area contributed by atoms with Crippen molar-refractivity contribution in [1.82, 2.24) is 0 Å². The van der Waals surface area contributed by atoms with Gasteiger partial charge in [0.1, 0.15) is 13.2 Å². The van der Waals surface area contributed by atoms with E-state index in [1.165, 1.54) is 57.8 Å². The van der Waals surface area contributed by atoms with Gasteiger partial charge in [-0.15, -0.1) is 0 Å². The number of hydrogen-bond acceptors (Lipinski definition) is 6. The Morgan fingerprint density at radius 2 is 0.609 bits per heavy atom. The van der Waals surface area contributed by atoms with E-state index in [1.54, 1.807) is 0 Å². The molecular formula is C58H96O6. The highest BCUT2D eigenvalue weighted by Gasteiger charge is 2.19. The van der Waals surface area contributed by atoms with Crippen molar-refractivity contribution in [3.8, 4) is 0 Å². The Morgan fingerprint density at radius 1 is 0.328 bits per heavy atom. The zero-order valence-electron chi connectivity index (χ0n) is 41.5. The fourth-order valence-corrected chi connectivity index (χ4v) is 6.91. The van der Waals surface area contributed by atoms with Gasteiger partial charge in [-0.1, -0.05) is 195 Å². The van der Waals surface area contributed by atoms with Crippen LogP contribution in [0.25, 0.3) is 0 Å². The van der Waals surface area contributed by atoms with Crippen LogP contribution in [0.2, 0.25) is 0 Å². The number of hydrogen-bond donors (Lipinski definition) is 0. The Labute approximate surface area is 394 Å². The van der Waals surface area contributed by atoms with E-state index in [0.717, 1.165) is 135 Å². The molecule has 0 fully saturated rings. The van der Waals surface area contributed by atoms with Crippen LogP contribution in [0.1, 0.15) is 233 Å². The molecule has 0 saturated heterocycles. The van der Waals surface area contributed by atoms with Crippen LogP contribution in [-0.2, 0) is 28.6 Å². The molecule has 0 heterocycles. The number of unbranched alkanes of at least 4 members (excludes halogenated alkanes) is 19. The molecule has 0 aromatic carbocycles. The smallest absolute Gasteiger partial charge is 0.306 e. The molecule has 0 aliphatic heterocycles. The number of rotatable bonds is 46. The summed E-state index contributed by atoms with van der Waals surface area (Å²) in [7, 11) is 0. The summed E-state index contributed by atoms with van der Waals surface area (Å²) in [6.07, 6.45) is 68.2. The van der Waals surface area contributed by atoms with Crippen molar-refractivity contribution in [3.05, 3.63) is 97.2 Å². The van der Waals surface area contributed by atoms with E-state index in [4.69, 9.17) is 14.2 Å². The predicted octanol–water partition coefficient (Wildman–Crippen LogP) is 17.4. The molecule has 0 rings (SSSR count). The van der Waals surface area contributed by atoms with Crippen LogP contribution in [-0.4, -0.2) is 37.2 Å². The minimum absolute atomic E-state index is 0.0988. The van der Waals surface area contributed by atoms with Gasteiger partial charge in [0, 0.05) is 19.3 Å². The summed E-state index contributed by atoms with van der Waals surface area (Å²) in [5.41, 5.74) is 0. The Morgan fingerprint density at radius 3 is 0.984 bits per heavy atom. The van der Waals surface area contributed by atoms with E-state index in [1.807, 2.05) is 0 Å². The number of carbonyl (C=O) groups is 3. The van der Waals surface area contributed by atoms with Gasteiger partial charge in [-0.2, -0.15) is 0 Å². The van der Waals surface area contributed by atoms with E-state index in [9.17, 15) is 14.4 Å². The maximum Gasteiger partial charge on any atom is 0.306 e. The first-order valence-electron chi connectivity index (χ1n) is 26.2. The van der Waals surface area contributed by atoms with Gasteiger partial charge in [-0.05, 0) is 116 Å². The number of ether oxygens (including phenoxy) is 3. The van der Waals surface area contributed by atoms with Crippen molar-refractivity contribution >= 4 is 17.9 Å². The fourth-order valence-electron chi connectivity index (χ4n) is 6.91. The summed E-state index contributed by atoms with van der Waals surface area (Å²) in [6, 6.07) is 0. The molecule has 6 heteroatoms. The Hall–Kier alpha value is -3.67. The normalized spacial score (nSPS) is 12.9. The lowest BCUT2D eigenvalue weighted by Gasteiger charge is -2.18. The zero-order valence-corrected chi connectivity index (χ0v) is 41.5. The average molecular weight is 889 g/mol.